The lowest BCUT2D eigenvalue weighted by Gasteiger charge is -2.29. The number of nitrogens with one attached hydrogen (secondary N) is 3. The number of guanidine groups is 1. The number of amides is 1. The summed E-state index contributed by atoms with van der Waals surface area (Å²) >= 11 is 0. The second-order valence-corrected chi connectivity index (χ2v) is 7.85. The lowest BCUT2D eigenvalue weighted by atomic mass is 10.1. The fourth-order valence-corrected chi connectivity index (χ4v) is 4.26. The maximum Gasteiger partial charge on any atom is 0.221 e. The van der Waals surface area contributed by atoms with Crippen molar-refractivity contribution >= 4 is 11.9 Å². The highest BCUT2D eigenvalue weighted by Gasteiger charge is 2.23. The molecule has 0 aromatic heterocycles. The summed E-state index contributed by atoms with van der Waals surface area (Å²) in [6.07, 6.45) is 7.74. The van der Waals surface area contributed by atoms with Crippen molar-refractivity contribution in [1.29, 1.82) is 0 Å². The van der Waals surface area contributed by atoms with Gasteiger partial charge in [0.25, 0.3) is 0 Å². The number of benzene rings is 1. The van der Waals surface area contributed by atoms with Gasteiger partial charge < -0.3 is 16.0 Å². The van der Waals surface area contributed by atoms with Gasteiger partial charge in [0.1, 0.15) is 0 Å². The molecule has 0 radical (unpaired) electrons. The first-order valence-corrected chi connectivity index (χ1v) is 10.8. The average Bonchev–Trinajstić information content (AvgIpc) is 3.42. The summed E-state index contributed by atoms with van der Waals surface area (Å²) in [5, 5.41) is 9.87. The maximum atomic E-state index is 12.1. The Labute approximate surface area is 169 Å². The number of likely N-dealkylation sites (tertiary alicyclic amines) is 1. The first-order chi connectivity index (χ1) is 13.8. The molecule has 154 valence electrons. The van der Waals surface area contributed by atoms with Gasteiger partial charge in [0, 0.05) is 32.6 Å². The first-order valence-electron chi connectivity index (χ1n) is 10.8. The summed E-state index contributed by atoms with van der Waals surface area (Å²) in [5.74, 6) is 0.892. The van der Waals surface area contributed by atoms with E-state index in [-0.39, 0.29) is 5.91 Å². The van der Waals surface area contributed by atoms with E-state index in [1.165, 1.54) is 31.2 Å². The minimum atomic E-state index is 0.133. The van der Waals surface area contributed by atoms with Crippen molar-refractivity contribution in [3.63, 3.8) is 0 Å². The van der Waals surface area contributed by atoms with Gasteiger partial charge in [-0.05, 0) is 44.3 Å². The number of rotatable bonds is 8. The third-order valence-electron chi connectivity index (χ3n) is 5.82. The Morgan fingerprint density at radius 1 is 1.11 bits per heavy atom. The third-order valence-corrected chi connectivity index (χ3v) is 5.82. The quantitative estimate of drug-likeness (QED) is 0.475. The number of hydrogen-bond donors (Lipinski definition) is 3. The fourth-order valence-electron chi connectivity index (χ4n) is 4.26. The van der Waals surface area contributed by atoms with Crippen LogP contribution in [-0.2, 0) is 4.79 Å². The maximum absolute atomic E-state index is 12.1. The van der Waals surface area contributed by atoms with Crippen molar-refractivity contribution in [2.75, 3.05) is 33.2 Å². The minimum Gasteiger partial charge on any atom is -0.356 e. The van der Waals surface area contributed by atoms with Crippen LogP contribution in [0.1, 0.15) is 56.6 Å². The first kappa shape index (κ1) is 20.6. The van der Waals surface area contributed by atoms with Gasteiger partial charge >= 0.3 is 0 Å². The average molecular weight is 386 g/mol. The molecule has 1 saturated heterocycles. The highest BCUT2D eigenvalue weighted by atomic mass is 16.1. The SMILES string of the molecule is CN=C(NCCC(=O)NC1CCCC1)NCC(c1ccccc1)N1CCCC1. The van der Waals surface area contributed by atoms with Crippen LogP contribution in [0.25, 0.3) is 0 Å². The Kier molecular flexibility index (Phi) is 8.15. The van der Waals surface area contributed by atoms with Crippen LogP contribution in [0.3, 0.4) is 0 Å². The summed E-state index contributed by atoms with van der Waals surface area (Å²) in [5.41, 5.74) is 1.34. The van der Waals surface area contributed by atoms with Crippen molar-refractivity contribution in [3.05, 3.63) is 35.9 Å². The van der Waals surface area contributed by atoms with E-state index in [0.717, 1.165) is 38.4 Å². The summed E-state index contributed by atoms with van der Waals surface area (Å²) in [4.78, 5) is 18.9. The Bertz CT molecular complexity index is 621. The van der Waals surface area contributed by atoms with Gasteiger partial charge in [0.15, 0.2) is 5.96 Å². The van der Waals surface area contributed by atoms with Crippen LogP contribution in [-0.4, -0.2) is 56.0 Å². The third kappa shape index (κ3) is 6.23. The van der Waals surface area contributed by atoms with Gasteiger partial charge in [-0.3, -0.25) is 14.7 Å². The standard InChI is InChI=1S/C22H35N5O/c1-23-22(24-14-13-21(28)26-19-11-5-6-12-19)25-17-20(27-15-7-8-16-27)18-9-3-2-4-10-18/h2-4,9-10,19-20H,5-8,11-17H2,1H3,(H,26,28)(H2,23,24,25). The molecule has 1 aliphatic heterocycles. The van der Waals surface area contributed by atoms with E-state index in [9.17, 15) is 4.79 Å². The Hall–Kier alpha value is -2.08. The van der Waals surface area contributed by atoms with Crippen LogP contribution < -0.4 is 16.0 Å². The van der Waals surface area contributed by atoms with Gasteiger partial charge in [-0.2, -0.15) is 0 Å². The van der Waals surface area contributed by atoms with Gasteiger partial charge in [-0.1, -0.05) is 43.2 Å². The Morgan fingerprint density at radius 2 is 1.82 bits per heavy atom. The molecule has 0 bridgehead atoms. The van der Waals surface area contributed by atoms with E-state index in [0.29, 0.717) is 25.0 Å². The van der Waals surface area contributed by atoms with E-state index >= 15 is 0 Å². The molecule has 1 amide bonds. The number of hydrogen-bond acceptors (Lipinski definition) is 3. The zero-order valence-electron chi connectivity index (χ0n) is 17.1. The highest BCUT2D eigenvalue weighted by Crippen LogP contribution is 2.24. The fraction of sp³-hybridized carbons (Fsp3) is 0.636. The molecule has 1 unspecified atom stereocenters. The minimum absolute atomic E-state index is 0.133. The van der Waals surface area contributed by atoms with Gasteiger partial charge in [0.2, 0.25) is 5.91 Å². The number of nitrogens with zero attached hydrogens (tertiary/aromatic N) is 2. The van der Waals surface area contributed by atoms with Crippen LogP contribution in [0.15, 0.2) is 35.3 Å². The highest BCUT2D eigenvalue weighted by molar-refractivity contribution is 5.81. The summed E-state index contributed by atoms with van der Waals surface area (Å²) in [6.45, 7) is 3.69. The Balaban J connectivity index is 1.44. The molecule has 0 spiro atoms. The number of carbonyl (C=O) groups excluding carboxylic acids is 1. The summed E-state index contributed by atoms with van der Waals surface area (Å²) in [7, 11) is 1.78. The van der Waals surface area contributed by atoms with Crippen molar-refractivity contribution in [3.8, 4) is 0 Å². The van der Waals surface area contributed by atoms with Crippen LogP contribution >= 0.6 is 0 Å². The lowest BCUT2D eigenvalue weighted by molar-refractivity contribution is -0.121. The van der Waals surface area contributed by atoms with E-state index < -0.39 is 0 Å². The monoisotopic (exact) mass is 385 g/mol. The Morgan fingerprint density at radius 3 is 2.50 bits per heavy atom. The zero-order valence-corrected chi connectivity index (χ0v) is 17.1. The predicted octanol–water partition coefficient (Wildman–Crippen LogP) is 2.44. The van der Waals surface area contributed by atoms with Crippen molar-refractivity contribution < 1.29 is 4.79 Å². The van der Waals surface area contributed by atoms with Gasteiger partial charge in [-0.15, -0.1) is 0 Å². The molecular weight excluding hydrogens is 350 g/mol. The molecule has 28 heavy (non-hydrogen) atoms. The topological polar surface area (TPSA) is 68.8 Å². The zero-order chi connectivity index (χ0) is 19.6. The normalized spacial score (nSPS) is 19.5. The largest absolute Gasteiger partial charge is 0.356 e. The molecular formula is C22H35N5O. The van der Waals surface area contributed by atoms with Crippen molar-refractivity contribution in [2.24, 2.45) is 4.99 Å². The molecule has 6 nitrogen and oxygen atoms in total. The molecule has 3 rings (SSSR count). The molecule has 1 atom stereocenters. The van der Waals surface area contributed by atoms with E-state index in [1.54, 1.807) is 7.05 Å². The van der Waals surface area contributed by atoms with Crippen LogP contribution in [0.4, 0.5) is 0 Å². The smallest absolute Gasteiger partial charge is 0.221 e. The summed E-state index contributed by atoms with van der Waals surface area (Å²) < 4.78 is 0. The summed E-state index contributed by atoms with van der Waals surface area (Å²) in [6, 6.07) is 11.4. The van der Waals surface area contributed by atoms with E-state index in [2.05, 4.69) is 56.2 Å². The molecule has 2 aliphatic rings. The number of carbonyl (C=O) groups is 1. The van der Waals surface area contributed by atoms with Crippen molar-refractivity contribution in [1.82, 2.24) is 20.9 Å². The van der Waals surface area contributed by atoms with Gasteiger partial charge in [-0.25, -0.2) is 0 Å². The lowest BCUT2D eigenvalue weighted by Crippen LogP contribution is -2.44. The molecule has 3 N–H and O–H groups in total. The molecule has 1 aliphatic carbocycles. The molecule has 1 aromatic carbocycles. The molecule has 1 saturated carbocycles. The van der Waals surface area contributed by atoms with Crippen LogP contribution in [0.5, 0.6) is 0 Å². The van der Waals surface area contributed by atoms with Gasteiger partial charge in [0.05, 0.1) is 6.04 Å². The second kappa shape index (κ2) is 11.1. The number of aliphatic imine (C=N–C) groups is 1. The van der Waals surface area contributed by atoms with Crippen molar-refractivity contribution in [2.45, 2.75) is 57.0 Å². The molecule has 1 heterocycles. The van der Waals surface area contributed by atoms with Crippen LogP contribution in [0, 0.1) is 0 Å². The molecule has 6 heteroatoms. The second-order valence-electron chi connectivity index (χ2n) is 7.85. The predicted molar refractivity (Wildman–Crippen MR) is 114 cm³/mol. The van der Waals surface area contributed by atoms with E-state index in [4.69, 9.17) is 0 Å². The molecule has 1 aromatic rings. The molecule has 2 fully saturated rings. The van der Waals surface area contributed by atoms with Crippen LogP contribution in [0.2, 0.25) is 0 Å². The van der Waals surface area contributed by atoms with E-state index in [1.807, 2.05) is 0 Å².